The predicted octanol–water partition coefficient (Wildman–Crippen LogP) is 3.02. The van der Waals surface area contributed by atoms with Crippen molar-refractivity contribution >= 4 is 27.1 Å². The maximum Gasteiger partial charge on any atom is 0.273 e. The van der Waals surface area contributed by atoms with Crippen LogP contribution in [0.4, 0.5) is 11.4 Å². The number of nitrogens with one attached hydrogen (secondary N) is 1. The molecule has 1 N–H and O–H groups in total. The van der Waals surface area contributed by atoms with Crippen LogP contribution in [0.2, 0.25) is 0 Å². The fourth-order valence-corrected chi connectivity index (χ4v) is 3.20. The van der Waals surface area contributed by atoms with Crippen molar-refractivity contribution in [3.63, 3.8) is 0 Å². The van der Waals surface area contributed by atoms with E-state index >= 15 is 0 Å². The van der Waals surface area contributed by atoms with Gasteiger partial charge >= 0.3 is 0 Å². The quantitative estimate of drug-likeness (QED) is 0.503. The summed E-state index contributed by atoms with van der Waals surface area (Å²) in [6.45, 7) is 1.52. The number of anilines is 1. The van der Waals surface area contributed by atoms with Gasteiger partial charge in [-0.2, -0.15) is 0 Å². The Morgan fingerprint density at radius 2 is 1.79 bits per heavy atom. The standard InChI is InChI=1S/C19H16N4O5S/c1-12-15(7-4-8-17(12)23(25)26)19(24)20-14-6-3-5-13(11-14)16-9-10-18(22-21-16)29(2,27)28/h3-11H,1-2H3,(H,20,24). The average molecular weight is 412 g/mol. The fraction of sp³-hybridized carbons (Fsp3) is 0.105. The lowest BCUT2D eigenvalue weighted by Crippen LogP contribution is -2.14. The highest BCUT2D eigenvalue weighted by molar-refractivity contribution is 7.90. The molecule has 9 nitrogen and oxygen atoms in total. The van der Waals surface area contributed by atoms with Crippen molar-refractivity contribution in [3.05, 3.63) is 75.8 Å². The molecule has 0 radical (unpaired) electrons. The van der Waals surface area contributed by atoms with Gasteiger partial charge in [-0.05, 0) is 37.3 Å². The van der Waals surface area contributed by atoms with Crippen LogP contribution in [0, 0.1) is 17.0 Å². The van der Waals surface area contributed by atoms with Gasteiger partial charge in [0.25, 0.3) is 11.6 Å². The van der Waals surface area contributed by atoms with E-state index in [0.29, 0.717) is 16.9 Å². The van der Waals surface area contributed by atoms with E-state index in [-0.39, 0.29) is 21.8 Å². The number of amides is 1. The summed E-state index contributed by atoms with van der Waals surface area (Å²) in [5, 5.41) is 21.3. The molecule has 0 aliphatic rings. The normalized spacial score (nSPS) is 11.1. The number of nitro benzene ring substituents is 1. The smallest absolute Gasteiger partial charge is 0.273 e. The second-order valence-electron chi connectivity index (χ2n) is 6.27. The van der Waals surface area contributed by atoms with Gasteiger partial charge in [-0.3, -0.25) is 14.9 Å². The molecular formula is C19H16N4O5S. The number of sulfone groups is 1. The largest absolute Gasteiger partial charge is 0.322 e. The highest BCUT2D eigenvalue weighted by Gasteiger charge is 2.18. The van der Waals surface area contributed by atoms with Crippen molar-refractivity contribution in [3.8, 4) is 11.3 Å². The molecule has 0 saturated heterocycles. The molecule has 148 valence electrons. The molecule has 0 spiro atoms. The lowest BCUT2D eigenvalue weighted by Gasteiger charge is -2.09. The SMILES string of the molecule is Cc1c(C(=O)Nc2cccc(-c3ccc(S(C)(=O)=O)nn3)c2)cccc1[N+](=O)[O-]. The summed E-state index contributed by atoms with van der Waals surface area (Å²) in [6, 6.07) is 13.9. The first-order valence-electron chi connectivity index (χ1n) is 8.36. The second-order valence-corrected chi connectivity index (χ2v) is 8.23. The Kier molecular flexibility index (Phi) is 5.37. The molecule has 0 atom stereocenters. The highest BCUT2D eigenvalue weighted by Crippen LogP contribution is 2.24. The Morgan fingerprint density at radius 1 is 1.07 bits per heavy atom. The Hall–Kier alpha value is -3.66. The summed E-state index contributed by atoms with van der Waals surface area (Å²) in [5.74, 6) is -0.484. The van der Waals surface area contributed by atoms with Crippen LogP contribution >= 0.6 is 0 Å². The zero-order valence-corrected chi connectivity index (χ0v) is 16.3. The van der Waals surface area contributed by atoms with Crippen molar-refractivity contribution in [2.75, 3.05) is 11.6 Å². The van der Waals surface area contributed by atoms with Crippen molar-refractivity contribution < 1.29 is 18.1 Å². The van der Waals surface area contributed by atoms with Gasteiger partial charge in [0.05, 0.1) is 10.6 Å². The van der Waals surface area contributed by atoms with E-state index in [0.717, 1.165) is 6.26 Å². The van der Waals surface area contributed by atoms with Crippen molar-refractivity contribution in [2.45, 2.75) is 11.9 Å². The van der Waals surface area contributed by atoms with Crippen LogP contribution in [0.5, 0.6) is 0 Å². The number of carbonyl (C=O) groups excluding carboxylic acids is 1. The van der Waals surface area contributed by atoms with Crippen LogP contribution in [0.3, 0.4) is 0 Å². The minimum absolute atomic E-state index is 0.132. The summed E-state index contributed by atoms with van der Waals surface area (Å²) in [6.07, 6.45) is 1.04. The van der Waals surface area contributed by atoms with E-state index in [1.165, 1.54) is 37.3 Å². The number of hydrogen-bond acceptors (Lipinski definition) is 7. The molecule has 1 amide bonds. The van der Waals surface area contributed by atoms with Crippen LogP contribution in [-0.2, 0) is 9.84 Å². The minimum Gasteiger partial charge on any atom is -0.322 e. The lowest BCUT2D eigenvalue weighted by molar-refractivity contribution is -0.385. The predicted molar refractivity (Wildman–Crippen MR) is 106 cm³/mol. The van der Waals surface area contributed by atoms with E-state index < -0.39 is 20.7 Å². The molecule has 29 heavy (non-hydrogen) atoms. The van der Waals surface area contributed by atoms with Crippen LogP contribution < -0.4 is 5.32 Å². The van der Waals surface area contributed by atoms with Crippen molar-refractivity contribution in [1.29, 1.82) is 0 Å². The monoisotopic (exact) mass is 412 g/mol. The van der Waals surface area contributed by atoms with Gasteiger partial charge in [-0.1, -0.05) is 18.2 Å². The third kappa shape index (κ3) is 4.43. The molecule has 10 heteroatoms. The lowest BCUT2D eigenvalue weighted by atomic mass is 10.1. The van der Waals surface area contributed by atoms with E-state index in [1.807, 2.05) is 0 Å². The third-order valence-corrected chi connectivity index (χ3v) is 5.16. The highest BCUT2D eigenvalue weighted by atomic mass is 32.2. The Balaban J connectivity index is 1.86. The Bertz CT molecular complexity index is 1210. The molecule has 1 heterocycles. The van der Waals surface area contributed by atoms with Crippen LogP contribution in [0.1, 0.15) is 15.9 Å². The maximum absolute atomic E-state index is 12.6. The topological polar surface area (TPSA) is 132 Å². The Morgan fingerprint density at radius 3 is 2.41 bits per heavy atom. The molecule has 0 unspecified atom stereocenters. The summed E-state index contributed by atoms with van der Waals surface area (Å²) >= 11 is 0. The fourth-order valence-electron chi connectivity index (χ4n) is 2.69. The number of aromatic nitrogens is 2. The summed E-state index contributed by atoms with van der Waals surface area (Å²) in [4.78, 5) is 23.1. The van der Waals surface area contributed by atoms with Crippen LogP contribution in [0.25, 0.3) is 11.3 Å². The Labute approximate surface area is 166 Å². The number of nitro groups is 1. The summed E-state index contributed by atoms with van der Waals surface area (Å²) < 4.78 is 23.0. The van der Waals surface area contributed by atoms with Gasteiger partial charge < -0.3 is 5.32 Å². The van der Waals surface area contributed by atoms with Gasteiger partial charge in [0, 0.05) is 34.7 Å². The third-order valence-electron chi connectivity index (χ3n) is 4.18. The van der Waals surface area contributed by atoms with Crippen LogP contribution in [-0.4, -0.2) is 35.7 Å². The molecule has 3 aromatic rings. The number of carbonyl (C=O) groups is 1. The first-order chi connectivity index (χ1) is 13.7. The van der Waals surface area contributed by atoms with E-state index in [9.17, 15) is 23.3 Å². The summed E-state index contributed by atoms with van der Waals surface area (Å²) in [7, 11) is -3.45. The maximum atomic E-state index is 12.6. The number of benzene rings is 2. The molecule has 2 aromatic carbocycles. The number of rotatable bonds is 5. The average Bonchev–Trinajstić information content (AvgIpc) is 2.67. The molecule has 0 aliphatic heterocycles. The minimum atomic E-state index is -3.45. The second kappa shape index (κ2) is 7.76. The van der Waals surface area contributed by atoms with Gasteiger partial charge in [0.1, 0.15) is 0 Å². The molecular weight excluding hydrogens is 396 g/mol. The molecule has 0 bridgehead atoms. The first-order valence-corrected chi connectivity index (χ1v) is 10.3. The molecule has 0 fully saturated rings. The molecule has 1 aromatic heterocycles. The number of nitrogens with zero attached hydrogens (tertiary/aromatic N) is 3. The van der Waals surface area contributed by atoms with Crippen molar-refractivity contribution in [2.24, 2.45) is 0 Å². The molecule has 0 saturated carbocycles. The zero-order chi connectivity index (χ0) is 21.2. The van der Waals surface area contributed by atoms with E-state index in [1.54, 1.807) is 24.3 Å². The molecule has 3 rings (SSSR count). The van der Waals surface area contributed by atoms with Gasteiger partial charge in [-0.25, -0.2) is 8.42 Å². The van der Waals surface area contributed by atoms with Gasteiger partial charge in [-0.15, -0.1) is 10.2 Å². The zero-order valence-electron chi connectivity index (χ0n) is 15.5. The van der Waals surface area contributed by atoms with Crippen molar-refractivity contribution in [1.82, 2.24) is 10.2 Å². The van der Waals surface area contributed by atoms with Crippen LogP contribution in [0.15, 0.2) is 59.6 Å². The van der Waals surface area contributed by atoms with E-state index in [4.69, 9.17) is 0 Å². The first kappa shape index (κ1) is 20.1. The summed E-state index contributed by atoms with van der Waals surface area (Å²) in [5.41, 5.74) is 1.83. The van der Waals surface area contributed by atoms with Gasteiger partial charge in [0.2, 0.25) is 0 Å². The number of hydrogen-bond donors (Lipinski definition) is 1. The molecule has 0 aliphatic carbocycles. The van der Waals surface area contributed by atoms with Gasteiger partial charge in [0.15, 0.2) is 14.9 Å². The van der Waals surface area contributed by atoms with E-state index in [2.05, 4.69) is 15.5 Å².